The molecule has 1 fully saturated rings. The number of nitro benzene ring substituents is 1. The highest BCUT2D eigenvalue weighted by Gasteiger charge is 2.18. The van der Waals surface area contributed by atoms with Crippen LogP contribution < -0.4 is 11.1 Å². The molecule has 1 heterocycles. The minimum Gasteiger partial charge on any atom is -0.378 e. The van der Waals surface area contributed by atoms with E-state index in [-0.39, 0.29) is 40.2 Å². The predicted molar refractivity (Wildman–Crippen MR) is 112 cm³/mol. The molecule has 3 N–H and O–H groups in total. The summed E-state index contributed by atoms with van der Waals surface area (Å²) in [5.41, 5.74) is 5.92. The van der Waals surface area contributed by atoms with E-state index in [4.69, 9.17) is 5.73 Å². The van der Waals surface area contributed by atoms with Crippen molar-refractivity contribution >= 4 is 51.1 Å². The molecule has 0 aliphatic carbocycles. The van der Waals surface area contributed by atoms with Crippen molar-refractivity contribution in [1.29, 1.82) is 0 Å². The minimum atomic E-state index is -3.50. The lowest BCUT2D eigenvalue weighted by Crippen LogP contribution is -2.41. The number of aliphatic imine (C=N–C) groups is 1. The number of nitrogens with zero attached hydrogens (tertiary/aromatic N) is 3. The number of likely N-dealkylation sites (tertiary alicyclic amines) is 1. The van der Waals surface area contributed by atoms with Crippen LogP contribution in [0.4, 0.5) is 11.4 Å². The zero-order chi connectivity index (χ0) is 18.4. The van der Waals surface area contributed by atoms with Gasteiger partial charge in [-0.25, -0.2) is 8.42 Å². The van der Waals surface area contributed by atoms with Crippen LogP contribution in [0.2, 0.25) is 0 Å². The van der Waals surface area contributed by atoms with Gasteiger partial charge in [-0.15, -0.1) is 24.0 Å². The number of guanidine groups is 1. The predicted octanol–water partition coefficient (Wildman–Crippen LogP) is 1.83. The van der Waals surface area contributed by atoms with Gasteiger partial charge in [0.1, 0.15) is 5.69 Å². The zero-order valence-electron chi connectivity index (χ0n) is 14.6. The molecule has 0 atom stereocenters. The monoisotopic (exact) mass is 497 g/mol. The van der Waals surface area contributed by atoms with Crippen molar-refractivity contribution in [2.45, 2.75) is 24.2 Å². The van der Waals surface area contributed by atoms with Crippen LogP contribution in [0.15, 0.2) is 28.1 Å². The average molecular weight is 497 g/mol. The fraction of sp³-hybridized carbons (Fsp3) is 0.533. The van der Waals surface area contributed by atoms with Gasteiger partial charge in [-0.3, -0.25) is 15.1 Å². The van der Waals surface area contributed by atoms with Crippen LogP contribution in [0.25, 0.3) is 0 Å². The first kappa shape index (κ1) is 22.4. The molecule has 1 aromatic carbocycles. The Bertz CT molecular complexity index is 763. The van der Waals surface area contributed by atoms with E-state index in [0.29, 0.717) is 19.0 Å². The molecule has 0 amide bonds. The van der Waals surface area contributed by atoms with Crippen LogP contribution in [0.5, 0.6) is 0 Å². The highest BCUT2D eigenvalue weighted by molar-refractivity contribution is 14.0. The maximum absolute atomic E-state index is 11.5. The third-order valence-corrected chi connectivity index (χ3v) is 5.09. The standard InChI is InChI=1S/C15H23N5O4S.HI/c1-25(23,24)12-5-6-13(14(11-12)20(21)22)17-7-8-18-15(16)19-9-3-2-4-10-19;/h5-6,11,17H,2-4,7-10H2,1H3,(H2,16,18);1H. The molecule has 0 aromatic heterocycles. The molecule has 1 aliphatic rings. The van der Waals surface area contributed by atoms with Gasteiger partial charge in [-0.2, -0.15) is 0 Å². The summed E-state index contributed by atoms with van der Waals surface area (Å²) >= 11 is 0. The number of benzene rings is 1. The van der Waals surface area contributed by atoms with Crippen LogP contribution >= 0.6 is 24.0 Å². The first-order valence-corrected chi connectivity index (χ1v) is 9.95. The molecule has 146 valence electrons. The Kier molecular flexibility index (Phi) is 8.53. The van der Waals surface area contributed by atoms with Gasteiger partial charge in [0.05, 0.1) is 16.4 Å². The largest absolute Gasteiger partial charge is 0.378 e. The molecule has 9 nitrogen and oxygen atoms in total. The molecule has 0 radical (unpaired) electrons. The van der Waals surface area contributed by atoms with Crippen LogP contribution in [0, 0.1) is 10.1 Å². The van der Waals surface area contributed by atoms with Crippen molar-refractivity contribution in [3.05, 3.63) is 28.3 Å². The zero-order valence-corrected chi connectivity index (χ0v) is 17.7. The van der Waals surface area contributed by atoms with Gasteiger partial charge >= 0.3 is 0 Å². The quantitative estimate of drug-likeness (QED) is 0.153. The van der Waals surface area contributed by atoms with E-state index in [9.17, 15) is 18.5 Å². The van der Waals surface area contributed by atoms with Gasteiger partial charge in [0, 0.05) is 32.0 Å². The summed E-state index contributed by atoms with van der Waals surface area (Å²) in [7, 11) is -3.50. The van der Waals surface area contributed by atoms with E-state index in [0.717, 1.165) is 38.3 Å². The summed E-state index contributed by atoms with van der Waals surface area (Å²) in [5, 5.41) is 14.1. The first-order valence-electron chi connectivity index (χ1n) is 8.06. The summed E-state index contributed by atoms with van der Waals surface area (Å²) in [6.45, 7) is 2.53. The van der Waals surface area contributed by atoms with Gasteiger partial charge in [0.25, 0.3) is 5.69 Å². The SMILES string of the molecule is CS(=O)(=O)c1ccc(NCCN=C(N)N2CCCCC2)c([N+](=O)[O-])c1.I. The van der Waals surface area contributed by atoms with Crippen molar-refractivity contribution in [2.24, 2.45) is 10.7 Å². The highest BCUT2D eigenvalue weighted by Crippen LogP contribution is 2.27. The summed E-state index contributed by atoms with van der Waals surface area (Å²) < 4.78 is 23.1. The van der Waals surface area contributed by atoms with E-state index in [1.165, 1.54) is 18.6 Å². The maximum Gasteiger partial charge on any atom is 0.293 e. The normalized spacial score (nSPS) is 15.3. The topological polar surface area (TPSA) is 131 Å². The van der Waals surface area contributed by atoms with Crippen LogP contribution in [-0.2, 0) is 9.84 Å². The minimum absolute atomic E-state index is 0. The van der Waals surface area contributed by atoms with Gasteiger partial charge in [-0.05, 0) is 31.4 Å². The van der Waals surface area contributed by atoms with Gasteiger partial charge in [0.15, 0.2) is 15.8 Å². The number of nitro groups is 1. The molecule has 1 aromatic rings. The molecule has 0 bridgehead atoms. The summed E-state index contributed by atoms with van der Waals surface area (Å²) in [4.78, 5) is 16.8. The Labute approximate surface area is 170 Å². The number of halogens is 1. The molecule has 0 saturated carbocycles. The number of nitrogens with one attached hydrogen (secondary N) is 1. The Balaban J connectivity index is 0.00000338. The van der Waals surface area contributed by atoms with Crippen LogP contribution in [0.3, 0.4) is 0 Å². The van der Waals surface area contributed by atoms with Crippen molar-refractivity contribution in [1.82, 2.24) is 4.90 Å². The van der Waals surface area contributed by atoms with Crippen molar-refractivity contribution in [3.63, 3.8) is 0 Å². The van der Waals surface area contributed by atoms with Gasteiger partial charge < -0.3 is 16.0 Å². The van der Waals surface area contributed by atoms with E-state index in [1.807, 2.05) is 4.90 Å². The lowest BCUT2D eigenvalue weighted by Gasteiger charge is -2.27. The molecular formula is C15H24IN5O4S. The molecular weight excluding hydrogens is 473 g/mol. The van der Waals surface area contributed by atoms with E-state index in [1.54, 1.807) is 0 Å². The third-order valence-electron chi connectivity index (χ3n) is 3.98. The lowest BCUT2D eigenvalue weighted by molar-refractivity contribution is -0.384. The van der Waals surface area contributed by atoms with E-state index >= 15 is 0 Å². The second kappa shape index (κ2) is 9.90. The number of piperidine rings is 1. The molecule has 26 heavy (non-hydrogen) atoms. The fourth-order valence-corrected chi connectivity index (χ4v) is 3.27. The van der Waals surface area contributed by atoms with E-state index in [2.05, 4.69) is 10.3 Å². The van der Waals surface area contributed by atoms with Gasteiger partial charge in [0.2, 0.25) is 0 Å². The Hall–Kier alpha value is -1.63. The molecule has 1 aliphatic heterocycles. The third kappa shape index (κ3) is 6.27. The first-order chi connectivity index (χ1) is 11.8. The summed E-state index contributed by atoms with van der Waals surface area (Å²) in [6.07, 6.45) is 4.43. The Morgan fingerprint density at radius 1 is 1.35 bits per heavy atom. The van der Waals surface area contributed by atoms with Crippen molar-refractivity contribution in [3.8, 4) is 0 Å². The molecule has 11 heteroatoms. The highest BCUT2D eigenvalue weighted by atomic mass is 127. The lowest BCUT2D eigenvalue weighted by atomic mass is 10.1. The fourth-order valence-electron chi connectivity index (χ4n) is 2.63. The number of hydrogen-bond donors (Lipinski definition) is 2. The van der Waals surface area contributed by atoms with Gasteiger partial charge in [-0.1, -0.05) is 0 Å². The number of anilines is 1. The number of nitrogens with two attached hydrogens (primary N) is 1. The average Bonchev–Trinajstić information content (AvgIpc) is 2.58. The smallest absolute Gasteiger partial charge is 0.293 e. The summed E-state index contributed by atoms with van der Waals surface area (Å²) in [5.74, 6) is 0.489. The number of hydrogen-bond acceptors (Lipinski definition) is 6. The van der Waals surface area contributed by atoms with E-state index < -0.39 is 14.8 Å². The Morgan fingerprint density at radius 2 is 2.00 bits per heavy atom. The summed E-state index contributed by atoms with van der Waals surface area (Å²) in [6, 6.07) is 3.80. The second-order valence-corrected chi connectivity index (χ2v) is 7.94. The number of rotatable bonds is 6. The molecule has 0 spiro atoms. The van der Waals surface area contributed by atoms with Crippen molar-refractivity contribution in [2.75, 3.05) is 37.8 Å². The molecule has 2 rings (SSSR count). The van der Waals surface area contributed by atoms with Crippen LogP contribution in [-0.4, -0.2) is 56.6 Å². The van der Waals surface area contributed by atoms with Crippen LogP contribution in [0.1, 0.15) is 19.3 Å². The maximum atomic E-state index is 11.5. The number of sulfone groups is 1. The van der Waals surface area contributed by atoms with Crippen molar-refractivity contribution < 1.29 is 13.3 Å². The molecule has 0 unspecified atom stereocenters. The molecule has 1 saturated heterocycles. The Morgan fingerprint density at radius 3 is 2.58 bits per heavy atom. The second-order valence-electron chi connectivity index (χ2n) is 5.92.